The number of rotatable bonds is 4. The van der Waals surface area contributed by atoms with Crippen molar-refractivity contribution >= 4 is 17.8 Å². The third-order valence-electron chi connectivity index (χ3n) is 1.60. The monoisotopic (exact) mass is 198 g/mol. The highest BCUT2D eigenvalue weighted by Crippen LogP contribution is 2.28. The van der Waals surface area contributed by atoms with E-state index in [4.69, 9.17) is 10.8 Å². The van der Waals surface area contributed by atoms with E-state index in [0.717, 1.165) is 18.9 Å². The van der Waals surface area contributed by atoms with E-state index in [1.807, 2.05) is 0 Å². The van der Waals surface area contributed by atoms with Gasteiger partial charge in [0.05, 0.1) is 0 Å². The van der Waals surface area contributed by atoms with Crippen LogP contribution in [0.2, 0.25) is 0 Å². The average molecular weight is 198 g/mol. The number of carboxylic acid groups (broad SMARTS) is 1. The van der Waals surface area contributed by atoms with E-state index < -0.39 is 11.9 Å². The summed E-state index contributed by atoms with van der Waals surface area (Å²) in [5, 5.41) is 11.5. The van der Waals surface area contributed by atoms with Gasteiger partial charge in [-0.2, -0.15) is 0 Å². The number of hydrogen-bond acceptors (Lipinski definition) is 4. The molecule has 0 aromatic heterocycles. The Morgan fingerprint density at radius 3 is 2.57 bits per heavy atom. The van der Waals surface area contributed by atoms with Gasteiger partial charge in [0.25, 0.3) is 0 Å². The fourth-order valence-corrected chi connectivity index (χ4v) is 0.721. The van der Waals surface area contributed by atoms with Crippen molar-refractivity contribution in [3.05, 3.63) is 12.2 Å². The number of aliphatic carboxylic acids is 1. The van der Waals surface area contributed by atoms with Gasteiger partial charge in [0.2, 0.25) is 0 Å². The van der Waals surface area contributed by atoms with Crippen LogP contribution in [0.1, 0.15) is 12.8 Å². The van der Waals surface area contributed by atoms with Crippen molar-refractivity contribution in [1.82, 2.24) is 0 Å². The molecule has 14 heavy (non-hydrogen) atoms. The van der Waals surface area contributed by atoms with Crippen LogP contribution < -0.4 is 5.73 Å². The van der Waals surface area contributed by atoms with Crippen molar-refractivity contribution in [2.75, 3.05) is 0 Å². The third-order valence-corrected chi connectivity index (χ3v) is 1.60. The van der Waals surface area contributed by atoms with Crippen LogP contribution in [0.3, 0.4) is 0 Å². The lowest BCUT2D eigenvalue weighted by Crippen LogP contribution is -2.15. The summed E-state index contributed by atoms with van der Waals surface area (Å²) in [6, 6.07) is 0. The number of nitrogens with two attached hydrogens (primary N) is 1. The highest BCUT2D eigenvalue weighted by atomic mass is 16.7. The molecule has 6 nitrogen and oxygen atoms in total. The number of oxime groups is 1. The molecule has 0 heterocycles. The molecule has 1 saturated carbocycles. The average Bonchev–Trinajstić information content (AvgIpc) is 2.93. The van der Waals surface area contributed by atoms with Crippen molar-refractivity contribution in [1.29, 1.82) is 0 Å². The van der Waals surface area contributed by atoms with Crippen LogP contribution >= 0.6 is 0 Å². The molecular weight excluding hydrogens is 188 g/mol. The summed E-state index contributed by atoms with van der Waals surface area (Å²) in [6.45, 7) is 0. The molecule has 0 spiro atoms. The molecule has 0 aliphatic heterocycles. The predicted molar refractivity (Wildman–Crippen MR) is 47.2 cm³/mol. The fourth-order valence-electron chi connectivity index (χ4n) is 0.721. The van der Waals surface area contributed by atoms with Gasteiger partial charge in [-0.1, -0.05) is 5.16 Å². The molecule has 0 unspecified atom stereocenters. The van der Waals surface area contributed by atoms with Gasteiger partial charge < -0.3 is 15.7 Å². The Kier molecular flexibility index (Phi) is 3.22. The molecule has 1 rings (SSSR count). The van der Waals surface area contributed by atoms with Crippen LogP contribution in [0, 0.1) is 5.92 Å². The normalized spacial score (nSPS) is 17.0. The van der Waals surface area contributed by atoms with E-state index >= 15 is 0 Å². The molecule has 0 radical (unpaired) electrons. The molecule has 0 aromatic carbocycles. The molecule has 76 valence electrons. The van der Waals surface area contributed by atoms with Gasteiger partial charge in [-0.3, -0.25) is 0 Å². The van der Waals surface area contributed by atoms with Gasteiger partial charge in [0.1, 0.15) is 5.84 Å². The maximum atomic E-state index is 10.8. The van der Waals surface area contributed by atoms with Crippen molar-refractivity contribution in [2.24, 2.45) is 16.8 Å². The minimum Gasteiger partial charge on any atom is -0.478 e. The van der Waals surface area contributed by atoms with Crippen molar-refractivity contribution in [2.45, 2.75) is 12.8 Å². The minimum absolute atomic E-state index is 0.214. The second-order valence-corrected chi connectivity index (χ2v) is 2.87. The Bertz CT molecular complexity index is 304. The van der Waals surface area contributed by atoms with Gasteiger partial charge in [0.15, 0.2) is 0 Å². The summed E-state index contributed by atoms with van der Waals surface area (Å²) >= 11 is 0. The Labute approximate surface area is 80.0 Å². The third kappa shape index (κ3) is 3.70. The Morgan fingerprint density at radius 1 is 1.43 bits per heavy atom. The summed E-state index contributed by atoms with van der Waals surface area (Å²) in [5.41, 5.74) is 5.42. The van der Waals surface area contributed by atoms with Crippen LogP contribution in [0.5, 0.6) is 0 Å². The number of carboxylic acids is 1. The number of carbonyl (C=O) groups excluding carboxylic acids is 1. The predicted octanol–water partition coefficient (Wildman–Crippen LogP) is -0.147. The van der Waals surface area contributed by atoms with E-state index in [1.165, 1.54) is 0 Å². The molecule has 1 aliphatic rings. The van der Waals surface area contributed by atoms with Gasteiger partial charge in [-0.25, -0.2) is 9.59 Å². The lowest BCUT2D eigenvalue weighted by atomic mass is 10.4. The molecule has 0 saturated heterocycles. The number of hydrogen-bond donors (Lipinski definition) is 2. The summed E-state index contributed by atoms with van der Waals surface area (Å²) in [7, 11) is 0. The topological polar surface area (TPSA) is 102 Å². The molecule has 0 amide bonds. The Hall–Kier alpha value is -1.85. The summed E-state index contributed by atoms with van der Waals surface area (Å²) in [5.74, 6) is -1.58. The van der Waals surface area contributed by atoms with Crippen LogP contribution in [0.4, 0.5) is 0 Å². The van der Waals surface area contributed by atoms with Crippen LogP contribution in [-0.4, -0.2) is 22.9 Å². The number of amidine groups is 1. The smallest absolute Gasteiger partial charge is 0.358 e. The zero-order chi connectivity index (χ0) is 10.6. The summed E-state index contributed by atoms with van der Waals surface area (Å²) < 4.78 is 0. The zero-order valence-electron chi connectivity index (χ0n) is 7.34. The van der Waals surface area contributed by atoms with E-state index in [9.17, 15) is 9.59 Å². The van der Waals surface area contributed by atoms with Gasteiger partial charge in [-0.05, 0) is 12.8 Å². The van der Waals surface area contributed by atoms with Crippen LogP contribution in [0.15, 0.2) is 17.3 Å². The summed E-state index contributed by atoms with van der Waals surface area (Å²) in [4.78, 5) is 25.1. The molecular formula is C8H10N2O4. The zero-order valence-corrected chi connectivity index (χ0v) is 7.34. The standard InChI is InChI=1S/C8H10N2O4/c9-8(5-1-2-5)10-14-7(13)4-3-6(11)12/h3-5H,1-2H2,(H2,9,10)(H,11,12). The number of carbonyl (C=O) groups is 2. The Morgan fingerprint density at radius 2 is 2.07 bits per heavy atom. The molecule has 6 heteroatoms. The molecule has 0 aromatic rings. The first-order valence-electron chi connectivity index (χ1n) is 4.05. The second kappa shape index (κ2) is 4.40. The summed E-state index contributed by atoms with van der Waals surface area (Å²) in [6.07, 6.45) is 3.35. The van der Waals surface area contributed by atoms with Crippen molar-refractivity contribution in [3.8, 4) is 0 Å². The molecule has 1 aliphatic carbocycles. The van der Waals surface area contributed by atoms with Crippen molar-refractivity contribution in [3.63, 3.8) is 0 Å². The minimum atomic E-state index is -1.22. The first-order valence-corrected chi connectivity index (χ1v) is 4.05. The van der Waals surface area contributed by atoms with E-state index in [0.29, 0.717) is 6.08 Å². The first-order chi connectivity index (χ1) is 6.59. The molecule has 1 fully saturated rings. The first kappa shape index (κ1) is 10.2. The van der Waals surface area contributed by atoms with Crippen LogP contribution in [-0.2, 0) is 14.4 Å². The molecule has 0 bridgehead atoms. The van der Waals surface area contributed by atoms with Crippen molar-refractivity contribution < 1.29 is 19.5 Å². The van der Waals surface area contributed by atoms with Gasteiger partial charge >= 0.3 is 11.9 Å². The highest BCUT2D eigenvalue weighted by Gasteiger charge is 2.26. The fraction of sp³-hybridized carbons (Fsp3) is 0.375. The van der Waals surface area contributed by atoms with Gasteiger partial charge in [0, 0.05) is 18.1 Å². The van der Waals surface area contributed by atoms with E-state index in [-0.39, 0.29) is 11.8 Å². The Balaban J connectivity index is 2.33. The maximum Gasteiger partial charge on any atom is 0.358 e. The van der Waals surface area contributed by atoms with E-state index in [1.54, 1.807) is 0 Å². The van der Waals surface area contributed by atoms with Crippen LogP contribution in [0.25, 0.3) is 0 Å². The lowest BCUT2D eigenvalue weighted by Gasteiger charge is -1.94. The second-order valence-electron chi connectivity index (χ2n) is 2.87. The largest absolute Gasteiger partial charge is 0.478 e. The quantitative estimate of drug-likeness (QED) is 0.215. The highest BCUT2D eigenvalue weighted by molar-refractivity contribution is 5.91. The van der Waals surface area contributed by atoms with Gasteiger partial charge in [-0.15, -0.1) is 0 Å². The maximum absolute atomic E-state index is 10.8. The SMILES string of the molecule is N/C(=N\OC(=O)C=CC(=O)O)C1CC1. The van der Waals surface area contributed by atoms with E-state index in [2.05, 4.69) is 9.99 Å². The lowest BCUT2D eigenvalue weighted by molar-refractivity contribution is -0.138. The number of nitrogens with zero attached hydrogens (tertiary/aromatic N) is 1. The molecule has 0 atom stereocenters. The molecule has 3 N–H and O–H groups in total.